The molecule has 0 unspecified atom stereocenters. The highest BCUT2D eigenvalue weighted by molar-refractivity contribution is 9.11. The van der Waals surface area contributed by atoms with Crippen LogP contribution in [0, 0.1) is 0 Å². The summed E-state index contributed by atoms with van der Waals surface area (Å²) >= 11 is 6.89. The molecule has 0 bridgehead atoms. The minimum atomic E-state index is 0.120. The normalized spacial score (nSPS) is 10.5. The van der Waals surface area contributed by atoms with Crippen LogP contribution in [0.2, 0.25) is 0 Å². The van der Waals surface area contributed by atoms with Crippen LogP contribution in [0.1, 0.15) is 49.9 Å². The Hall–Kier alpha value is -0.350. The van der Waals surface area contributed by atoms with Crippen molar-refractivity contribution in [2.24, 2.45) is 0 Å². The number of benzene rings is 1. The van der Waals surface area contributed by atoms with E-state index in [1.54, 1.807) is 0 Å². The summed E-state index contributed by atoms with van der Waals surface area (Å²) in [5, 5.41) is 0. The topological polar surface area (TPSA) is 20.3 Å². The van der Waals surface area contributed by atoms with Crippen molar-refractivity contribution in [2.75, 3.05) is 13.1 Å². The van der Waals surface area contributed by atoms with Crippen LogP contribution in [-0.4, -0.2) is 23.9 Å². The monoisotopic (exact) mass is 389 g/mol. The van der Waals surface area contributed by atoms with Gasteiger partial charge in [-0.2, -0.15) is 0 Å². The number of nitrogens with zero attached hydrogens (tertiary/aromatic N) is 1. The Labute approximate surface area is 132 Å². The molecule has 0 aromatic heterocycles. The maximum Gasteiger partial charge on any atom is 0.255 e. The Balaban J connectivity index is 2.87. The number of carbonyl (C=O) groups excluding carboxylic acids is 1. The molecule has 0 spiro atoms. The number of rotatable bonds is 7. The van der Waals surface area contributed by atoms with Gasteiger partial charge in [0.2, 0.25) is 0 Å². The summed E-state index contributed by atoms with van der Waals surface area (Å²) in [7, 11) is 0. The van der Waals surface area contributed by atoms with E-state index in [0.717, 1.165) is 53.3 Å². The SMILES string of the molecule is CCCCN(CCCC)C(=O)c1cc(Br)ccc1Br. The third-order valence-corrected chi connectivity index (χ3v) is 4.19. The fraction of sp³-hybridized carbons (Fsp3) is 0.533. The zero-order chi connectivity index (χ0) is 14.3. The highest BCUT2D eigenvalue weighted by Crippen LogP contribution is 2.23. The third kappa shape index (κ3) is 5.27. The van der Waals surface area contributed by atoms with Crippen LogP contribution in [0.25, 0.3) is 0 Å². The molecule has 0 aliphatic rings. The predicted octanol–water partition coefficient (Wildman–Crippen LogP) is 5.25. The number of carbonyl (C=O) groups is 1. The van der Waals surface area contributed by atoms with Crippen molar-refractivity contribution in [2.45, 2.75) is 39.5 Å². The van der Waals surface area contributed by atoms with Gasteiger partial charge in [0.15, 0.2) is 0 Å². The summed E-state index contributed by atoms with van der Waals surface area (Å²) in [6, 6.07) is 5.73. The van der Waals surface area contributed by atoms with Crippen molar-refractivity contribution in [1.82, 2.24) is 4.90 Å². The smallest absolute Gasteiger partial charge is 0.255 e. The van der Waals surface area contributed by atoms with Gasteiger partial charge in [-0.1, -0.05) is 42.6 Å². The summed E-state index contributed by atoms with van der Waals surface area (Å²) in [5.74, 6) is 0.120. The van der Waals surface area contributed by atoms with Gasteiger partial charge in [-0.15, -0.1) is 0 Å². The summed E-state index contributed by atoms with van der Waals surface area (Å²) < 4.78 is 1.80. The van der Waals surface area contributed by atoms with E-state index in [1.165, 1.54) is 0 Å². The van der Waals surface area contributed by atoms with Gasteiger partial charge in [-0.25, -0.2) is 0 Å². The molecule has 0 atom stereocenters. The Bertz CT molecular complexity index is 413. The zero-order valence-corrected chi connectivity index (χ0v) is 14.8. The minimum Gasteiger partial charge on any atom is -0.339 e. The predicted molar refractivity (Wildman–Crippen MR) is 87.6 cm³/mol. The maximum atomic E-state index is 12.6. The second-order valence-corrected chi connectivity index (χ2v) is 6.39. The molecular weight excluding hydrogens is 370 g/mol. The second-order valence-electron chi connectivity index (χ2n) is 4.62. The van der Waals surface area contributed by atoms with Gasteiger partial charge in [0.1, 0.15) is 0 Å². The van der Waals surface area contributed by atoms with Gasteiger partial charge < -0.3 is 4.90 Å². The van der Waals surface area contributed by atoms with Gasteiger partial charge in [0.05, 0.1) is 5.56 Å². The van der Waals surface area contributed by atoms with Crippen molar-refractivity contribution in [3.05, 3.63) is 32.7 Å². The minimum absolute atomic E-state index is 0.120. The quantitative estimate of drug-likeness (QED) is 0.622. The van der Waals surface area contributed by atoms with Crippen molar-refractivity contribution < 1.29 is 4.79 Å². The molecule has 1 aromatic rings. The molecule has 0 saturated carbocycles. The van der Waals surface area contributed by atoms with Crippen LogP contribution < -0.4 is 0 Å². The van der Waals surface area contributed by atoms with Crippen molar-refractivity contribution in [3.63, 3.8) is 0 Å². The highest BCUT2D eigenvalue weighted by Gasteiger charge is 2.17. The number of halogens is 2. The van der Waals surface area contributed by atoms with Crippen LogP contribution in [0.4, 0.5) is 0 Å². The Morgan fingerprint density at radius 2 is 1.68 bits per heavy atom. The number of unbranched alkanes of at least 4 members (excludes halogenated alkanes) is 2. The fourth-order valence-electron chi connectivity index (χ4n) is 1.84. The molecule has 0 N–H and O–H groups in total. The summed E-state index contributed by atoms with van der Waals surface area (Å²) in [6.45, 7) is 5.98. The summed E-state index contributed by atoms with van der Waals surface area (Å²) in [6.07, 6.45) is 4.33. The van der Waals surface area contributed by atoms with Crippen LogP contribution in [-0.2, 0) is 0 Å². The first-order valence-corrected chi connectivity index (χ1v) is 8.43. The van der Waals surface area contributed by atoms with Crippen molar-refractivity contribution >= 4 is 37.8 Å². The van der Waals surface area contributed by atoms with E-state index < -0.39 is 0 Å². The summed E-state index contributed by atoms with van der Waals surface area (Å²) in [5.41, 5.74) is 0.738. The van der Waals surface area contributed by atoms with Gasteiger partial charge in [0, 0.05) is 22.0 Å². The molecule has 0 radical (unpaired) electrons. The Morgan fingerprint density at radius 3 is 2.21 bits per heavy atom. The first kappa shape index (κ1) is 16.7. The second kappa shape index (κ2) is 8.75. The molecule has 1 rings (SSSR count). The molecular formula is C15H21Br2NO. The molecule has 2 nitrogen and oxygen atoms in total. The third-order valence-electron chi connectivity index (χ3n) is 3.01. The molecule has 0 saturated heterocycles. The lowest BCUT2D eigenvalue weighted by Crippen LogP contribution is -2.33. The van der Waals surface area contributed by atoms with Crippen LogP contribution in [0.5, 0.6) is 0 Å². The molecule has 106 valence electrons. The van der Waals surface area contributed by atoms with Gasteiger partial charge in [-0.3, -0.25) is 4.79 Å². The average Bonchev–Trinajstić information content (AvgIpc) is 2.41. The molecule has 0 aliphatic carbocycles. The molecule has 0 heterocycles. The largest absolute Gasteiger partial charge is 0.339 e. The van der Waals surface area contributed by atoms with E-state index >= 15 is 0 Å². The van der Waals surface area contributed by atoms with Crippen LogP contribution in [0.15, 0.2) is 27.1 Å². The molecule has 0 fully saturated rings. The molecule has 0 aliphatic heterocycles. The number of amides is 1. The maximum absolute atomic E-state index is 12.6. The highest BCUT2D eigenvalue weighted by atomic mass is 79.9. The Morgan fingerprint density at radius 1 is 1.11 bits per heavy atom. The van der Waals surface area contributed by atoms with E-state index in [-0.39, 0.29) is 5.91 Å². The number of hydrogen-bond donors (Lipinski definition) is 0. The van der Waals surface area contributed by atoms with Crippen molar-refractivity contribution in [3.8, 4) is 0 Å². The first-order valence-electron chi connectivity index (χ1n) is 6.84. The van der Waals surface area contributed by atoms with Gasteiger partial charge >= 0.3 is 0 Å². The molecule has 1 aromatic carbocycles. The molecule has 1 amide bonds. The summed E-state index contributed by atoms with van der Waals surface area (Å²) in [4.78, 5) is 14.6. The van der Waals surface area contributed by atoms with E-state index in [4.69, 9.17) is 0 Å². The van der Waals surface area contributed by atoms with E-state index in [2.05, 4.69) is 45.7 Å². The molecule has 19 heavy (non-hydrogen) atoms. The molecule has 4 heteroatoms. The lowest BCUT2D eigenvalue weighted by atomic mass is 10.1. The lowest BCUT2D eigenvalue weighted by Gasteiger charge is -2.23. The van der Waals surface area contributed by atoms with Gasteiger partial charge in [-0.05, 0) is 47.0 Å². The number of hydrogen-bond acceptors (Lipinski definition) is 1. The zero-order valence-electron chi connectivity index (χ0n) is 11.6. The van der Waals surface area contributed by atoms with Gasteiger partial charge in [0.25, 0.3) is 5.91 Å². The Kier molecular flexibility index (Phi) is 7.69. The van der Waals surface area contributed by atoms with Crippen molar-refractivity contribution in [1.29, 1.82) is 0 Å². The van der Waals surface area contributed by atoms with E-state index in [0.29, 0.717) is 0 Å². The van der Waals surface area contributed by atoms with Crippen LogP contribution in [0.3, 0.4) is 0 Å². The first-order chi connectivity index (χ1) is 9.10. The average molecular weight is 391 g/mol. The standard InChI is InChI=1S/C15H21Br2NO/c1-3-5-9-18(10-6-4-2)15(19)13-11-12(16)7-8-14(13)17/h7-8,11H,3-6,9-10H2,1-2H3. The van der Waals surface area contributed by atoms with Crippen LogP contribution >= 0.6 is 31.9 Å². The van der Waals surface area contributed by atoms with E-state index in [9.17, 15) is 4.79 Å². The lowest BCUT2D eigenvalue weighted by molar-refractivity contribution is 0.0750. The fourth-order valence-corrected chi connectivity index (χ4v) is 2.62. The van der Waals surface area contributed by atoms with E-state index in [1.807, 2.05) is 23.1 Å².